The number of alkyl halides is 2. The van der Waals surface area contributed by atoms with E-state index in [9.17, 15) is 9.90 Å². The molecule has 0 radical (unpaired) electrons. The van der Waals surface area contributed by atoms with E-state index in [0.29, 0.717) is 16.7 Å². The van der Waals surface area contributed by atoms with E-state index in [1.165, 1.54) is 6.07 Å². The Labute approximate surface area is 141 Å². The number of aromatic hydroxyl groups is 1. The molecule has 23 heavy (non-hydrogen) atoms. The maximum atomic E-state index is 12.4. The second-order valence-electron chi connectivity index (χ2n) is 4.79. The number of benzene rings is 1. The van der Waals surface area contributed by atoms with Crippen molar-refractivity contribution in [2.24, 2.45) is 0 Å². The van der Waals surface area contributed by atoms with E-state index in [1.54, 1.807) is 48.8 Å². The molecule has 3 rings (SSSR count). The highest BCUT2D eigenvalue weighted by atomic mass is 35.5. The molecule has 1 N–H and O–H groups in total. The van der Waals surface area contributed by atoms with Crippen LogP contribution in [0.5, 0.6) is 5.75 Å². The van der Waals surface area contributed by atoms with Crippen LogP contribution in [0, 0.1) is 0 Å². The van der Waals surface area contributed by atoms with Gasteiger partial charge < -0.3 is 9.52 Å². The van der Waals surface area contributed by atoms with E-state index < -0.39 is 10.5 Å². The van der Waals surface area contributed by atoms with Crippen LogP contribution in [0.15, 0.2) is 64.1 Å². The van der Waals surface area contributed by atoms with E-state index in [1.807, 2.05) is 0 Å². The minimum Gasteiger partial charge on any atom is -0.507 e. The van der Waals surface area contributed by atoms with E-state index >= 15 is 0 Å². The molecule has 0 saturated heterocycles. The Bertz CT molecular complexity index is 892. The maximum absolute atomic E-state index is 12.4. The first-order valence-corrected chi connectivity index (χ1v) is 7.60. The van der Waals surface area contributed by atoms with Crippen molar-refractivity contribution in [1.82, 2.24) is 4.98 Å². The van der Waals surface area contributed by atoms with Crippen molar-refractivity contribution < 1.29 is 9.52 Å². The van der Waals surface area contributed by atoms with E-state index in [-0.39, 0.29) is 17.1 Å². The van der Waals surface area contributed by atoms with Gasteiger partial charge in [-0.1, -0.05) is 24.3 Å². The summed E-state index contributed by atoms with van der Waals surface area (Å²) < 4.78 is 5.32. The Kier molecular flexibility index (Phi) is 4.37. The van der Waals surface area contributed by atoms with Crippen LogP contribution >= 0.6 is 23.2 Å². The van der Waals surface area contributed by atoms with Gasteiger partial charge in [-0.3, -0.25) is 4.98 Å². The smallest absolute Gasteiger partial charge is 0.347 e. The monoisotopic (exact) mass is 347 g/mol. The Morgan fingerprint density at radius 2 is 1.91 bits per heavy atom. The first-order chi connectivity index (χ1) is 11.1. The van der Waals surface area contributed by atoms with Crippen molar-refractivity contribution in [2.45, 2.75) is 4.84 Å². The van der Waals surface area contributed by atoms with Crippen LogP contribution < -0.4 is 5.63 Å². The highest BCUT2D eigenvalue weighted by Crippen LogP contribution is 2.37. The van der Waals surface area contributed by atoms with Gasteiger partial charge in [-0.05, 0) is 23.3 Å². The number of nitrogens with zero attached hydrogens (tertiary/aromatic N) is 1. The second-order valence-corrected chi connectivity index (χ2v) is 5.88. The van der Waals surface area contributed by atoms with E-state index in [2.05, 4.69) is 4.98 Å². The van der Waals surface area contributed by atoms with Gasteiger partial charge in [-0.2, -0.15) is 0 Å². The normalized spacial score (nSPS) is 10.9. The quantitative estimate of drug-likeness (QED) is 0.706. The zero-order valence-electron chi connectivity index (χ0n) is 11.7. The number of hydrogen-bond acceptors (Lipinski definition) is 4. The number of hydrogen-bond donors (Lipinski definition) is 1. The predicted octanol–water partition coefficient (Wildman–Crippen LogP) is 4.55. The van der Waals surface area contributed by atoms with Gasteiger partial charge in [-0.15, -0.1) is 23.2 Å². The summed E-state index contributed by atoms with van der Waals surface area (Å²) in [7, 11) is 0. The number of aromatic nitrogens is 1. The first kappa shape index (κ1) is 15.6. The molecule has 2 aromatic heterocycles. The standard InChI is InChI=1S/C17H11Cl2NO3/c18-16(19)12-6-2-1-5-11(12)15-13(21)8-14(23-17(15)22)10-4-3-7-20-9-10/h1-9,16,21H. The fraction of sp³-hybridized carbons (Fsp3) is 0.0588. The molecule has 3 aromatic rings. The molecule has 0 unspecified atom stereocenters. The predicted molar refractivity (Wildman–Crippen MR) is 89.8 cm³/mol. The van der Waals surface area contributed by atoms with E-state index in [0.717, 1.165) is 0 Å². The highest BCUT2D eigenvalue weighted by Gasteiger charge is 2.19. The van der Waals surface area contributed by atoms with Gasteiger partial charge in [0, 0.05) is 24.0 Å². The highest BCUT2D eigenvalue weighted by molar-refractivity contribution is 6.44. The summed E-state index contributed by atoms with van der Waals surface area (Å²) in [6, 6.07) is 11.6. The number of pyridine rings is 1. The molecule has 6 heteroatoms. The molecule has 4 nitrogen and oxygen atoms in total. The SMILES string of the molecule is O=c1oc(-c2cccnc2)cc(O)c1-c1ccccc1C(Cl)Cl. The molecule has 0 fully saturated rings. The lowest BCUT2D eigenvalue weighted by Gasteiger charge is -2.11. The van der Waals surface area contributed by atoms with Crippen molar-refractivity contribution in [3.63, 3.8) is 0 Å². The van der Waals surface area contributed by atoms with Crippen LogP contribution in [0.4, 0.5) is 0 Å². The molecule has 1 aromatic carbocycles. The van der Waals surface area contributed by atoms with Crippen molar-refractivity contribution in [2.75, 3.05) is 0 Å². The second kappa shape index (κ2) is 6.44. The molecule has 0 aliphatic carbocycles. The zero-order valence-corrected chi connectivity index (χ0v) is 13.3. The van der Waals surface area contributed by atoms with Crippen LogP contribution in [0.25, 0.3) is 22.5 Å². The lowest BCUT2D eigenvalue weighted by Crippen LogP contribution is -2.05. The summed E-state index contributed by atoms with van der Waals surface area (Å²) >= 11 is 11.9. The van der Waals surface area contributed by atoms with Gasteiger partial charge in [0.15, 0.2) is 0 Å². The maximum Gasteiger partial charge on any atom is 0.347 e. The van der Waals surface area contributed by atoms with Crippen molar-refractivity contribution in [3.8, 4) is 28.2 Å². The summed E-state index contributed by atoms with van der Waals surface area (Å²) in [5.41, 5.74) is 0.899. The fourth-order valence-electron chi connectivity index (χ4n) is 2.29. The third-order valence-electron chi connectivity index (χ3n) is 3.34. The first-order valence-electron chi connectivity index (χ1n) is 6.73. The Morgan fingerprint density at radius 3 is 2.57 bits per heavy atom. The lowest BCUT2D eigenvalue weighted by molar-refractivity contribution is 0.456. The van der Waals surface area contributed by atoms with Crippen LogP contribution in [-0.4, -0.2) is 10.1 Å². The third kappa shape index (κ3) is 3.09. The molecule has 0 aliphatic heterocycles. The topological polar surface area (TPSA) is 63.3 Å². The minimum absolute atomic E-state index is 0.0274. The third-order valence-corrected chi connectivity index (χ3v) is 3.81. The molecule has 0 saturated carbocycles. The lowest BCUT2D eigenvalue weighted by atomic mass is 10.0. The molecular weight excluding hydrogens is 337 g/mol. The van der Waals surface area contributed by atoms with Gasteiger partial charge in [0.1, 0.15) is 21.9 Å². The van der Waals surface area contributed by atoms with Gasteiger partial charge in [-0.25, -0.2) is 4.79 Å². The summed E-state index contributed by atoms with van der Waals surface area (Å²) in [5, 5.41) is 10.3. The summed E-state index contributed by atoms with van der Waals surface area (Å²) in [6.07, 6.45) is 3.14. The summed E-state index contributed by atoms with van der Waals surface area (Å²) in [6.45, 7) is 0. The Morgan fingerprint density at radius 1 is 1.13 bits per heavy atom. The number of halogens is 2. The largest absolute Gasteiger partial charge is 0.507 e. The van der Waals surface area contributed by atoms with Gasteiger partial charge in [0.2, 0.25) is 0 Å². The molecule has 116 valence electrons. The van der Waals surface area contributed by atoms with Gasteiger partial charge >= 0.3 is 5.63 Å². The number of rotatable bonds is 3. The molecule has 0 atom stereocenters. The fourth-order valence-corrected chi connectivity index (χ4v) is 2.68. The van der Waals surface area contributed by atoms with Crippen LogP contribution in [0.3, 0.4) is 0 Å². The van der Waals surface area contributed by atoms with Gasteiger partial charge in [0.25, 0.3) is 0 Å². The molecule has 0 aliphatic rings. The van der Waals surface area contributed by atoms with Crippen molar-refractivity contribution >= 4 is 23.2 Å². The summed E-state index contributed by atoms with van der Waals surface area (Å²) in [4.78, 5) is 15.5. The Balaban J connectivity index is 2.19. The van der Waals surface area contributed by atoms with Crippen molar-refractivity contribution in [1.29, 1.82) is 0 Å². The Hall–Kier alpha value is -2.30. The molecule has 0 amide bonds. The van der Waals surface area contributed by atoms with Gasteiger partial charge in [0.05, 0.1) is 0 Å². The van der Waals surface area contributed by atoms with Crippen LogP contribution in [0.1, 0.15) is 10.4 Å². The van der Waals surface area contributed by atoms with Crippen LogP contribution in [0.2, 0.25) is 0 Å². The average molecular weight is 348 g/mol. The molecule has 0 spiro atoms. The van der Waals surface area contributed by atoms with Crippen LogP contribution in [-0.2, 0) is 0 Å². The minimum atomic E-state index is -0.831. The molecule has 2 heterocycles. The zero-order chi connectivity index (χ0) is 16.4. The summed E-state index contributed by atoms with van der Waals surface area (Å²) in [5.74, 6) is 0.0247. The van der Waals surface area contributed by atoms with E-state index in [4.69, 9.17) is 27.6 Å². The van der Waals surface area contributed by atoms with Crippen molar-refractivity contribution in [3.05, 3.63) is 70.8 Å². The average Bonchev–Trinajstić information content (AvgIpc) is 2.55. The molecular formula is C17H11Cl2NO3. The molecule has 0 bridgehead atoms.